The van der Waals surface area contributed by atoms with Crippen molar-refractivity contribution in [3.63, 3.8) is 0 Å². The Morgan fingerprint density at radius 2 is 2.18 bits per heavy atom. The third kappa shape index (κ3) is 3.42. The Morgan fingerprint density at radius 3 is 2.95 bits per heavy atom. The van der Waals surface area contributed by atoms with Crippen LogP contribution in [0.1, 0.15) is 30.4 Å². The minimum atomic E-state index is -0.185. The molecule has 2 saturated heterocycles. The summed E-state index contributed by atoms with van der Waals surface area (Å²) in [5.74, 6) is 0. The number of anilines is 1. The molecule has 0 bridgehead atoms. The molecule has 2 fully saturated rings. The molecule has 0 aromatic heterocycles. The molecule has 5 nitrogen and oxygen atoms in total. The standard InChI is InChI=1S/C17H24N2O3/c1-12-3-4-13(2)15(9-12)19-16(20)18-14-5-7-22-17(10-14)6-8-21-11-17/h3-4,9,14H,5-8,10-11H2,1-2H3,(H2,18,19,20)/t14-,17+/m0/s1. The second-order valence-corrected chi connectivity index (χ2v) is 6.44. The van der Waals surface area contributed by atoms with Crippen molar-refractivity contribution in [2.75, 3.05) is 25.1 Å². The SMILES string of the molecule is Cc1ccc(C)c(NC(=O)N[C@H]2CCO[C@]3(CCOC3)C2)c1. The molecule has 0 saturated carbocycles. The quantitative estimate of drug-likeness (QED) is 0.883. The van der Waals surface area contributed by atoms with Gasteiger partial charge in [-0.15, -0.1) is 0 Å². The number of amides is 2. The maximum absolute atomic E-state index is 12.3. The average molecular weight is 304 g/mol. The van der Waals surface area contributed by atoms with Gasteiger partial charge in [0.15, 0.2) is 0 Å². The first-order chi connectivity index (χ1) is 10.6. The highest BCUT2D eigenvalue weighted by Gasteiger charge is 2.41. The van der Waals surface area contributed by atoms with E-state index >= 15 is 0 Å². The summed E-state index contributed by atoms with van der Waals surface area (Å²) in [6.07, 6.45) is 2.60. The second-order valence-electron chi connectivity index (χ2n) is 6.44. The molecule has 2 heterocycles. The highest BCUT2D eigenvalue weighted by molar-refractivity contribution is 5.90. The third-order valence-corrected chi connectivity index (χ3v) is 4.54. The molecule has 1 spiro atoms. The summed E-state index contributed by atoms with van der Waals surface area (Å²) in [5.41, 5.74) is 2.88. The molecule has 3 rings (SSSR count). The van der Waals surface area contributed by atoms with Gasteiger partial charge in [-0.05, 0) is 43.9 Å². The van der Waals surface area contributed by atoms with Gasteiger partial charge in [0.1, 0.15) is 0 Å². The average Bonchev–Trinajstić information content (AvgIpc) is 2.90. The number of urea groups is 1. The number of hydrogen-bond acceptors (Lipinski definition) is 3. The van der Waals surface area contributed by atoms with Crippen LogP contribution in [0.2, 0.25) is 0 Å². The third-order valence-electron chi connectivity index (χ3n) is 4.54. The van der Waals surface area contributed by atoms with Gasteiger partial charge in [0.2, 0.25) is 0 Å². The Labute approximate surface area is 131 Å². The van der Waals surface area contributed by atoms with Crippen molar-refractivity contribution < 1.29 is 14.3 Å². The van der Waals surface area contributed by atoms with Gasteiger partial charge in [-0.25, -0.2) is 4.79 Å². The Morgan fingerprint density at radius 1 is 1.32 bits per heavy atom. The minimum absolute atomic E-state index is 0.139. The van der Waals surface area contributed by atoms with Crippen LogP contribution in [0.15, 0.2) is 18.2 Å². The van der Waals surface area contributed by atoms with E-state index in [0.717, 1.165) is 42.7 Å². The summed E-state index contributed by atoms with van der Waals surface area (Å²) in [6.45, 7) is 6.09. The van der Waals surface area contributed by atoms with Crippen LogP contribution < -0.4 is 10.6 Å². The van der Waals surface area contributed by atoms with Crippen LogP contribution in [0, 0.1) is 13.8 Å². The number of aryl methyl sites for hydroxylation is 2. The van der Waals surface area contributed by atoms with Gasteiger partial charge in [-0.3, -0.25) is 0 Å². The van der Waals surface area contributed by atoms with Gasteiger partial charge in [-0.2, -0.15) is 0 Å². The van der Waals surface area contributed by atoms with Crippen molar-refractivity contribution in [2.24, 2.45) is 0 Å². The Hall–Kier alpha value is -1.59. The summed E-state index contributed by atoms with van der Waals surface area (Å²) >= 11 is 0. The van der Waals surface area contributed by atoms with E-state index in [9.17, 15) is 4.79 Å². The van der Waals surface area contributed by atoms with E-state index in [1.165, 1.54) is 0 Å². The molecule has 0 unspecified atom stereocenters. The number of benzene rings is 1. The molecule has 0 radical (unpaired) electrons. The zero-order chi connectivity index (χ0) is 15.6. The number of hydrogen-bond donors (Lipinski definition) is 2. The summed E-state index contributed by atoms with van der Waals surface area (Å²) in [5, 5.41) is 6.03. The van der Waals surface area contributed by atoms with E-state index in [4.69, 9.17) is 9.47 Å². The van der Waals surface area contributed by atoms with E-state index in [1.54, 1.807) is 0 Å². The summed E-state index contributed by atoms with van der Waals surface area (Å²) < 4.78 is 11.4. The zero-order valence-corrected chi connectivity index (χ0v) is 13.3. The number of nitrogens with one attached hydrogen (secondary N) is 2. The van der Waals surface area contributed by atoms with E-state index in [2.05, 4.69) is 10.6 Å². The molecule has 2 aliphatic heterocycles. The summed E-state index contributed by atoms with van der Waals surface area (Å²) in [4.78, 5) is 12.3. The van der Waals surface area contributed by atoms with Crippen LogP contribution in [0.5, 0.6) is 0 Å². The van der Waals surface area contributed by atoms with Gasteiger partial charge >= 0.3 is 6.03 Å². The van der Waals surface area contributed by atoms with Crippen molar-refractivity contribution >= 4 is 11.7 Å². The van der Waals surface area contributed by atoms with Crippen molar-refractivity contribution in [1.29, 1.82) is 0 Å². The molecule has 1 aromatic carbocycles. The molecule has 2 N–H and O–H groups in total. The highest BCUT2D eigenvalue weighted by atomic mass is 16.6. The number of rotatable bonds is 2. The van der Waals surface area contributed by atoms with Crippen molar-refractivity contribution in [1.82, 2.24) is 5.32 Å². The van der Waals surface area contributed by atoms with Crippen LogP contribution >= 0.6 is 0 Å². The molecular weight excluding hydrogens is 280 g/mol. The molecular formula is C17H24N2O3. The van der Waals surface area contributed by atoms with E-state index in [-0.39, 0.29) is 17.7 Å². The lowest BCUT2D eigenvalue weighted by Gasteiger charge is -2.37. The van der Waals surface area contributed by atoms with E-state index < -0.39 is 0 Å². The Kier molecular flexibility index (Phi) is 4.36. The first-order valence-electron chi connectivity index (χ1n) is 7.93. The molecule has 2 aliphatic rings. The fourth-order valence-electron chi connectivity index (χ4n) is 3.23. The molecule has 0 aliphatic carbocycles. The van der Waals surface area contributed by atoms with Crippen molar-refractivity contribution in [3.8, 4) is 0 Å². The first-order valence-corrected chi connectivity index (χ1v) is 7.93. The lowest BCUT2D eigenvalue weighted by molar-refractivity contribution is -0.0877. The van der Waals surface area contributed by atoms with Gasteiger partial charge in [-0.1, -0.05) is 12.1 Å². The number of carbonyl (C=O) groups excluding carboxylic acids is 1. The molecule has 1 aromatic rings. The van der Waals surface area contributed by atoms with Gasteiger partial charge in [0, 0.05) is 31.4 Å². The predicted octanol–water partition coefficient (Wildman–Crippen LogP) is 2.76. The van der Waals surface area contributed by atoms with Crippen molar-refractivity contribution in [3.05, 3.63) is 29.3 Å². The van der Waals surface area contributed by atoms with Crippen LogP contribution in [0.3, 0.4) is 0 Å². The maximum Gasteiger partial charge on any atom is 0.319 e. The number of carbonyl (C=O) groups is 1. The second kappa shape index (κ2) is 6.26. The van der Waals surface area contributed by atoms with Crippen LogP contribution in [0.4, 0.5) is 10.5 Å². The first kappa shape index (κ1) is 15.3. The Balaban J connectivity index is 1.58. The lowest BCUT2D eigenvalue weighted by Crippen LogP contribution is -2.49. The van der Waals surface area contributed by atoms with Gasteiger partial charge in [0.05, 0.1) is 12.2 Å². The van der Waals surface area contributed by atoms with Crippen LogP contribution in [-0.4, -0.2) is 37.5 Å². The predicted molar refractivity (Wildman–Crippen MR) is 85.2 cm³/mol. The summed E-state index contributed by atoms with van der Waals surface area (Å²) in [6, 6.07) is 6.05. The van der Waals surface area contributed by atoms with Crippen molar-refractivity contribution in [2.45, 2.75) is 44.8 Å². The van der Waals surface area contributed by atoms with Crippen LogP contribution in [-0.2, 0) is 9.47 Å². The topological polar surface area (TPSA) is 59.6 Å². The molecule has 22 heavy (non-hydrogen) atoms. The molecule has 120 valence electrons. The normalized spacial score (nSPS) is 27.8. The zero-order valence-electron chi connectivity index (χ0n) is 13.3. The maximum atomic E-state index is 12.3. The van der Waals surface area contributed by atoms with Gasteiger partial charge < -0.3 is 20.1 Å². The smallest absolute Gasteiger partial charge is 0.319 e. The van der Waals surface area contributed by atoms with Gasteiger partial charge in [0.25, 0.3) is 0 Å². The summed E-state index contributed by atoms with van der Waals surface area (Å²) in [7, 11) is 0. The lowest BCUT2D eigenvalue weighted by atomic mass is 9.90. The monoisotopic (exact) mass is 304 g/mol. The molecule has 5 heteroatoms. The molecule has 2 atom stereocenters. The van der Waals surface area contributed by atoms with Crippen LogP contribution in [0.25, 0.3) is 0 Å². The highest BCUT2D eigenvalue weighted by Crippen LogP contribution is 2.32. The Bertz CT molecular complexity index is 553. The van der Waals surface area contributed by atoms with E-state index in [0.29, 0.717) is 13.2 Å². The number of ether oxygens (including phenoxy) is 2. The molecule has 2 amide bonds. The minimum Gasteiger partial charge on any atom is -0.378 e. The fraction of sp³-hybridized carbons (Fsp3) is 0.588. The largest absolute Gasteiger partial charge is 0.378 e. The van der Waals surface area contributed by atoms with E-state index in [1.807, 2.05) is 32.0 Å². The fourth-order valence-corrected chi connectivity index (χ4v) is 3.23.